The lowest BCUT2D eigenvalue weighted by atomic mass is 11.4. The van der Waals surface area contributed by atoms with E-state index in [9.17, 15) is 26.3 Å². The molecule has 80 valence electrons. The first-order valence-electron chi connectivity index (χ1n) is 2.50. The van der Waals surface area contributed by atoms with Crippen LogP contribution in [0.4, 0.5) is 26.3 Å². The van der Waals surface area contributed by atoms with Crippen LogP contribution in [0.2, 0.25) is 0 Å². The molecule has 0 saturated carbocycles. The van der Waals surface area contributed by atoms with Crippen LogP contribution in [0, 0.1) is 0 Å². The second kappa shape index (κ2) is 4.41. The minimum Gasteiger partial charge on any atom is -0.315 e. The first-order chi connectivity index (χ1) is 5.64. The maximum Gasteiger partial charge on any atom is 0.529 e. The fraction of sp³-hybridized carbons (Fsp3) is 1.00. The van der Waals surface area contributed by atoms with Crippen molar-refractivity contribution in [1.29, 1.82) is 0 Å². The average molecular weight is 232 g/mol. The summed E-state index contributed by atoms with van der Waals surface area (Å²) in [6.07, 6.45) is -10.5. The Kier molecular flexibility index (Phi) is 4.37. The summed E-state index contributed by atoms with van der Waals surface area (Å²) in [5.74, 6) is 0. The Balaban J connectivity index is 4.05. The van der Waals surface area contributed by atoms with Crippen LogP contribution in [-0.2, 0) is 13.6 Å². The highest BCUT2D eigenvalue weighted by atomic mass is 31.2. The second-order valence-corrected chi connectivity index (χ2v) is 2.66. The third-order valence-electron chi connectivity index (χ3n) is 0.505. The average Bonchev–Trinajstić information content (AvgIpc) is 1.79. The van der Waals surface area contributed by atoms with Gasteiger partial charge in [0, 0.05) is 7.11 Å². The van der Waals surface area contributed by atoms with E-state index >= 15 is 0 Å². The monoisotopic (exact) mass is 232 g/mol. The highest BCUT2D eigenvalue weighted by Gasteiger charge is 2.42. The van der Waals surface area contributed by atoms with E-state index in [1.54, 1.807) is 0 Å². The number of alkyl halides is 6. The van der Waals surface area contributed by atoms with Crippen LogP contribution in [0.1, 0.15) is 0 Å². The minimum atomic E-state index is -5.23. The van der Waals surface area contributed by atoms with Gasteiger partial charge in [-0.05, 0) is 0 Å². The van der Waals surface area contributed by atoms with E-state index in [2.05, 4.69) is 13.6 Å². The molecule has 0 N–H and O–H groups in total. The van der Waals surface area contributed by atoms with E-state index in [0.29, 0.717) is 7.11 Å². The maximum absolute atomic E-state index is 11.3. The van der Waals surface area contributed by atoms with Crippen LogP contribution in [0.3, 0.4) is 0 Å². The van der Waals surface area contributed by atoms with Crippen molar-refractivity contribution >= 4 is 8.60 Å². The molecule has 0 aromatic heterocycles. The summed E-state index contributed by atoms with van der Waals surface area (Å²) < 4.78 is 77.4. The first kappa shape index (κ1) is 12.9. The lowest BCUT2D eigenvalue weighted by Gasteiger charge is -2.16. The summed E-state index contributed by atoms with van der Waals surface area (Å²) in [5, 5.41) is 0. The fourth-order valence-corrected chi connectivity index (χ4v) is 0.787. The Labute approximate surface area is 69.6 Å². The zero-order valence-corrected chi connectivity index (χ0v) is 6.83. The van der Waals surface area contributed by atoms with Gasteiger partial charge in [0.15, 0.2) is 0 Å². The van der Waals surface area contributed by atoms with Crippen molar-refractivity contribution < 1.29 is 39.9 Å². The molecule has 13 heavy (non-hydrogen) atoms. The highest BCUT2D eigenvalue weighted by molar-refractivity contribution is 7.41. The summed E-state index contributed by atoms with van der Waals surface area (Å²) in [6, 6.07) is 0. The first-order valence-corrected chi connectivity index (χ1v) is 3.59. The van der Waals surface area contributed by atoms with E-state index < -0.39 is 21.3 Å². The molecule has 0 atom stereocenters. The Bertz CT molecular complexity index is 138. The predicted molar refractivity (Wildman–Crippen MR) is 28.2 cm³/mol. The van der Waals surface area contributed by atoms with Crippen molar-refractivity contribution in [3.63, 3.8) is 0 Å². The Morgan fingerprint density at radius 2 is 1.15 bits per heavy atom. The summed E-state index contributed by atoms with van der Waals surface area (Å²) in [4.78, 5) is 0. The molecule has 0 fully saturated rings. The zero-order valence-electron chi connectivity index (χ0n) is 5.94. The summed E-state index contributed by atoms with van der Waals surface area (Å²) in [5.41, 5.74) is 0. The topological polar surface area (TPSA) is 27.7 Å². The third kappa shape index (κ3) is 8.23. The molecule has 0 radical (unpaired) electrons. The van der Waals surface area contributed by atoms with Crippen molar-refractivity contribution in [3.8, 4) is 0 Å². The molecule has 0 aliphatic heterocycles. The maximum atomic E-state index is 11.3. The van der Waals surface area contributed by atoms with Crippen molar-refractivity contribution in [1.82, 2.24) is 0 Å². The highest BCUT2D eigenvalue weighted by Crippen LogP contribution is 2.48. The van der Waals surface area contributed by atoms with Gasteiger partial charge in [-0.1, -0.05) is 0 Å². The molecular formula is C3H3F6O3P. The number of hydrogen-bond donors (Lipinski definition) is 0. The summed E-state index contributed by atoms with van der Waals surface area (Å²) >= 11 is 0. The van der Waals surface area contributed by atoms with E-state index in [1.807, 2.05) is 0 Å². The van der Waals surface area contributed by atoms with Gasteiger partial charge in [-0.25, -0.2) is 9.05 Å². The third-order valence-corrected chi connectivity index (χ3v) is 1.52. The minimum absolute atomic E-state index is 0.600. The van der Waals surface area contributed by atoms with Crippen molar-refractivity contribution in [2.24, 2.45) is 0 Å². The second-order valence-electron chi connectivity index (χ2n) is 1.48. The van der Waals surface area contributed by atoms with E-state index in [1.165, 1.54) is 0 Å². The van der Waals surface area contributed by atoms with Crippen LogP contribution < -0.4 is 0 Å². The van der Waals surface area contributed by atoms with Crippen LogP contribution in [0.15, 0.2) is 0 Å². The predicted octanol–water partition coefficient (Wildman–Crippen LogP) is 2.93. The van der Waals surface area contributed by atoms with Crippen LogP contribution in [0.25, 0.3) is 0 Å². The lowest BCUT2D eigenvalue weighted by molar-refractivity contribution is -0.308. The molecule has 3 nitrogen and oxygen atoms in total. The summed E-state index contributed by atoms with van der Waals surface area (Å²) in [6.45, 7) is 0. The van der Waals surface area contributed by atoms with Gasteiger partial charge in [-0.2, -0.15) is 0 Å². The Hall–Kier alpha value is -0.110. The largest absolute Gasteiger partial charge is 0.529 e. The number of rotatable bonds is 3. The Morgan fingerprint density at radius 3 is 1.31 bits per heavy atom. The molecule has 0 aromatic rings. The lowest BCUT2D eigenvalue weighted by Crippen LogP contribution is -2.16. The van der Waals surface area contributed by atoms with Gasteiger partial charge in [-0.15, -0.1) is 26.3 Å². The van der Waals surface area contributed by atoms with Gasteiger partial charge in [0.05, 0.1) is 0 Å². The molecule has 0 aromatic carbocycles. The fourth-order valence-electron chi connectivity index (χ4n) is 0.262. The standard InChI is InChI=1S/C3H3F6O3P/c1-10-13(11-2(4,5)6)12-3(7,8)9/h1H3. The number of halogens is 6. The van der Waals surface area contributed by atoms with Crippen molar-refractivity contribution in [2.45, 2.75) is 12.7 Å². The zero-order chi connectivity index (χ0) is 10.7. The molecule has 0 unspecified atom stereocenters. The number of hydrogen-bond acceptors (Lipinski definition) is 3. The van der Waals surface area contributed by atoms with Crippen LogP contribution >= 0.6 is 8.60 Å². The SMILES string of the molecule is COP(OC(F)(F)F)OC(F)(F)F. The van der Waals surface area contributed by atoms with Gasteiger partial charge < -0.3 is 4.52 Å². The smallest absolute Gasteiger partial charge is 0.315 e. The molecule has 0 aliphatic rings. The van der Waals surface area contributed by atoms with Crippen LogP contribution in [-0.4, -0.2) is 19.8 Å². The van der Waals surface area contributed by atoms with Gasteiger partial charge >= 0.3 is 21.3 Å². The van der Waals surface area contributed by atoms with Crippen molar-refractivity contribution in [3.05, 3.63) is 0 Å². The Morgan fingerprint density at radius 1 is 0.846 bits per heavy atom. The molecule has 0 spiro atoms. The summed E-state index contributed by atoms with van der Waals surface area (Å²) in [7, 11) is -2.88. The molecule has 0 amide bonds. The molecule has 0 heterocycles. The van der Waals surface area contributed by atoms with Gasteiger partial charge in [0.2, 0.25) is 0 Å². The van der Waals surface area contributed by atoms with Crippen LogP contribution in [0.5, 0.6) is 0 Å². The molecule has 0 bridgehead atoms. The van der Waals surface area contributed by atoms with Crippen molar-refractivity contribution in [2.75, 3.05) is 7.11 Å². The van der Waals surface area contributed by atoms with E-state index in [0.717, 1.165) is 0 Å². The molecule has 0 aliphatic carbocycles. The molecular weight excluding hydrogens is 229 g/mol. The molecule has 0 rings (SSSR count). The molecule has 10 heteroatoms. The normalized spacial score (nSPS) is 13.8. The van der Waals surface area contributed by atoms with Gasteiger partial charge in [-0.3, -0.25) is 0 Å². The van der Waals surface area contributed by atoms with E-state index in [4.69, 9.17) is 0 Å². The quantitative estimate of drug-likeness (QED) is 0.553. The van der Waals surface area contributed by atoms with Gasteiger partial charge in [0.25, 0.3) is 0 Å². The van der Waals surface area contributed by atoms with E-state index in [-0.39, 0.29) is 0 Å². The molecule has 0 saturated heterocycles. The van der Waals surface area contributed by atoms with Gasteiger partial charge in [0.1, 0.15) is 0 Å².